The Morgan fingerprint density at radius 2 is 2.30 bits per heavy atom. The van der Waals surface area contributed by atoms with Gasteiger partial charge in [-0.05, 0) is 61.8 Å². The molecule has 0 spiro atoms. The lowest BCUT2D eigenvalue weighted by Crippen LogP contribution is -2.10. The maximum atomic E-state index is 13.2. The molecule has 0 bridgehead atoms. The SMILES string of the molecule is NC(CCCC1CCCO1)c1cc2cc(F)ccc2s1. The average molecular weight is 293 g/mol. The molecular weight excluding hydrogens is 273 g/mol. The van der Waals surface area contributed by atoms with Gasteiger partial charge in [0.15, 0.2) is 0 Å². The van der Waals surface area contributed by atoms with Crippen LogP contribution < -0.4 is 5.73 Å². The van der Waals surface area contributed by atoms with E-state index in [4.69, 9.17) is 10.5 Å². The van der Waals surface area contributed by atoms with Gasteiger partial charge in [0.2, 0.25) is 0 Å². The van der Waals surface area contributed by atoms with Gasteiger partial charge in [-0.2, -0.15) is 0 Å². The fraction of sp³-hybridized carbons (Fsp3) is 0.500. The van der Waals surface area contributed by atoms with Crippen molar-refractivity contribution < 1.29 is 9.13 Å². The lowest BCUT2D eigenvalue weighted by Gasteiger charge is -2.12. The van der Waals surface area contributed by atoms with E-state index in [-0.39, 0.29) is 11.9 Å². The first-order chi connectivity index (χ1) is 9.72. The first-order valence-corrected chi connectivity index (χ1v) is 8.10. The molecule has 1 fully saturated rings. The highest BCUT2D eigenvalue weighted by Crippen LogP contribution is 2.31. The van der Waals surface area contributed by atoms with Crippen molar-refractivity contribution in [2.24, 2.45) is 5.73 Å². The van der Waals surface area contributed by atoms with Gasteiger partial charge in [0.1, 0.15) is 5.82 Å². The minimum absolute atomic E-state index is 0.0527. The van der Waals surface area contributed by atoms with Gasteiger partial charge in [0, 0.05) is 22.2 Å². The summed E-state index contributed by atoms with van der Waals surface area (Å²) in [7, 11) is 0. The lowest BCUT2D eigenvalue weighted by molar-refractivity contribution is 0.101. The van der Waals surface area contributed by atoms with Crippen LogP contribution in [0.5, 0.6) is 0 Å². The molecule has 3 rings (SSSR count). The summed E-state index contributed by atoms with van der Waals surface area (Å²) in [5.74, 6) is -0.186. The molecule has 1 aliphatic heterocycles. The predicted octanol–water partition coefficient (Wildman–Crippen LogP) is 4.39. The van der Waals surface area contributed by atoms with Gasteiger partial charge in [-0.15, -0.1) is 11.3 Å². The Kier molecular flexibility index (Phi) is 4.34. The number of benzene rings is 1. The van der Waals surface area contributed by atoms with Gasteiger partial charge in [-0.25, -0.2) is 4.39 Å². The maximum Gasteiger partial charge on any atom is 0.123 e. The molecule has 1 saturated heterocycles. The maximum absolute atomic E-state index is 13.2. The van der Waals surface area contributed by atoms with Gasteiger partial charge >= 0.3 is 0 Å². The molecule has 4 heteroatoms. The van der Waals surface area contributed by atoms with E-state index in [1.165, 1.54) is 18.9 Å². The van der Waals surface area contributed by atoms with Crippen LogP contribution in [0.4, 0.5) is 4.39 Å². The van der Waals surface area contributed by atoms with Gasteiger partial charge in [0.25, 0.3) is 0 Å². The van der Waals surface area contributed by atoms with E-state index in [1.807, 2.05) is 12.1 Å². The molecule has 1 aromatic carbocycles. The standard InChI is InChI=1S/C16H20FNOS/c17-12-6-7-15-11(9-12)10-16(20-15)14(18)5-1-3-13-4-2-8-19-13/h6-7,9-10,13-14H,1-5,8,18H2. The highest BCUT2D eigenvalue weighted by atomic mass is 32.1. The highest BCUT2D eigenvalue weighted by Gasteiger charge is 2.16. The first-order valence-electron chi connectivity index (χ1n) is 7.28. The number of rotatable bonds is 5. The largest absolute Gasteiger partial charge is 0.378 e. The van der Waals surface area contributed by atoms with Crippen LogP contribution in [0.2, 0.25) is 0 Å². The molecule has 2 atom stereocenters. The molecule has 2 N–H and O–H groups in total. The molecule has 1 aromatic heterocycles. The second-order valence-corrected chi connectivity index (χ2v) is 6.62. The Morgan fingerprint density at radius 1 is 1.40 bits per heavy atom. The first kappa shape index (κ1) is 14.0. The van der Waals surface area contributed by atoms with Crippen molar-refractivity contribution in [3.8, 4) is 0 Å². The number of ether oxygens (including phenoxy) is 1. The van der Waals surface area contributed by atoms with E-state index < -0.39 is 0 Å². The summed E-state index contributed by atoms with van der Waals surface area (Å²) in [5, 5.41) is 0.958. The third-order valence-corrected chi connectivity index (χ3v) is 5.18. The Bertz CT molecular complexity index is 577. The molecule has 108 valence electrons. The Balaban J connectivity index is 1.58. The van der Waals surface area contributed by atoms with Crippen LogP contribution in [0, 0.1) is 5.82 Å². The van der Waals surface area contributed by atoms with Crippen molar-refractivity contribution in [3.05, 3.63) is 35.0 Å². The summed E-state index contributed by atoms with van der Waals surface area (Å²) in [6.07, 6.45) is 5.99. The molecule has 0 saturated carbocycles. The van der Waals surface area contributed by atoms with E-state index in [0.29, 0.717) is 6.10 Å². The second kappa shape index (κ2) is 6.20. The summed E-state index contributed by atoms with van der Waals surface area (Å²) in [6, 6.07) is 6.99. The molecule has 20 heavy (non-hydrogen) atoms. The Labute approximate surface area is 122 Å². The monoisotopic (exact) mass is 293 g/mol. The van der Waals surface area contributed by atoms with E-state index in [1.54, 1.807) is 17.4 Å². The van der Waals surface area contributed by atoms with E-state index in [0.717, 1.165) is 40.8 Å². The van der Waals surface area contributed by atoms with Gasteiger partial charge in [-0.1, -0.05) is 0 Å². The molecule has 2 nitrogen and oxygen atoms in total. The van der Waals surface area contributed by atoms with E-state index in [2.05, 4.69) is 0 Å². The topological polar surface area (TPSA) is 35.2 Å². The van der Waals surface area contributed by atoms with E-state index in [9.17, 15) is 4.39 Å². The van der Waals surface area contributed by atoms with Crippen LogP contribution >= 0.6 is 11.3 Å². The van der Waals surface area contributed by atoms with Gasteiger partial charge < -0.3 is 10.5 Å². The van der Waals surface area contributed by atoms with Crippen molar-refractivity contribution in [1.29, 1.82) is 0 Å². The molecule has 0 aliphatic carbocycles. The number of hydrogen-bond donors (Lipinski definition) is 1. The third kappa shape index (κ3) is 3.19. The third-order valence-electron chi connectivity index (χ3n) is 3.93. The molecule has 0 radical (unpaired) electrons. The van der Waals surface area contributed by atoms with Crippen LogP contribution in [0.25, 0.3) is 10.1 Å². The van der Waals surface area contributed by atoms with Crippen molar-refractivity contribution in [3.63, 3.8) is 0 Å². The quantitative estimate of drug-likeness (QED) is 0.887. The van der Waals surface area contributed by atoms with Gasteiger partial charge in [-0.3, -0.25) is 0 Å². The zero-order valence-corrected chi connectivity index (χ0v) is 12.3. The summed E-state index contributed by atoms with van der Waals surface area (Å²) < 4.78 is 19.9. The Hall–Kier alpha value is -0.970. The minimum atomic E-state index is -0.186. The summed E-state index contributed by atoms with van der Waals surface area (Å²) in [6.45, 7) is 0.915. The van der Waals surface area contributed by atoms with Crippen molar-refractivity contribution in [2.45, 2.75) is 44.2 Å². The second-order valence-electron chi connectivity index (χ2n) is 5.50. The smallest absolute Gasteiger partial charge is 0.123 e. The highest BCUT2D eigenvalue weighted by molar-refractivity contribution is 7.19. The van der Waals surface area contributed by atoms with Gasteiger partial charge in [0.05, 0.1) is 6.10 Å². The van der Waals surface area contributed by atoms with Crippen LogP contribution in [0.15, 0.2) is 24.3 Å². The summed E-state index contributed by atoms with van der Waals surface area (Å²) >= 11 is 1.67. The van der Waals surface area contributed by atoms with Crippen molar-refractivity contribution >= 4 is 21.4 Å². The lowest BCUT2D eigenvalue weighted by atomic mass is 10.0. The van der Waals surface area contributed by atoms with Crippen LogP contribution in [-0.2, 0) is 4.74 Å². The molecule has 2 unspecified atom stereocenters. The average Bonchev–Trinajstić information content (AvgIpc) is 3.06. The normalized spacial score (nSPS) is 20.6. The number of thiophene rings is 1. The number of nitrogens with two attached hydrogens (primary N) is 1. The molecule has 1 aliphatic rings. The zero-order valence-electron chi connectivity index (χ0n) is 11.5. The number of fused-ring (bicyclic) bond motifs is 1. The minimum Gasteiger partial charge on any atom is -0.378 e. The fourth-order valence-corrected chi connectivity index (χ4v) is 3.88. The van der Waals surface area contributed by atoms with Crippen molar-refractivity contribution in [2.75, 3.05) is 6.61 Å². The molecule has 2 aromatic rings. The van der Waals surface area contributed by atoms with Crippen LogP contribution in [-0.4, -0.2) is 12.7 Å². The van der Waals surface area contributed by atoms with Crippen molar-refractivity contribution in [1.82, 2.24) is 0 Å². The Morgan fingerprint density at radius 3 is 3.10 bits per heavy atom. The van der Waals surface area contributed by atoms with Crippen LogP contribution in [0.1, 0.15) is 43.0 Å². The number of halogens is 1. The number of hydrogen-bond acceptors (Lipinski definition) is 3. The summed E-state index contributed by atoms with van der Waals surface area (Å²) in [4.78, 5) is 1.15. The zero-order chi connectivity index (χ0) is 13.9. The predicted molar refractivity (Wildman–Crippen MR) is 81.5 cm³/mol. The molecule has 2 heterocycles. The molecular formula is C16H20FNOS. The van der Waals surface area contributed by atoms with E-state index >= 15 is 0 Å². The summed E-state index contributed by atoms with van der Waals surface area (Å²) in [5.41, 5.74) is 6.26. The fourth-order valence-electron chi connectivity index (χ4n) is 2.80. The van der Waals surface area contributed by atoms with Crippen LogP contribution in [0.3, 0.4) is 0 Å². The molecule has 0 amide bonds.